The van der Waals surface area contributed by atoms with E-state index >= 15 is 0 Å². The number of nitrogens with one attached hydrogen (secondary N) is 1. The second kappa shape index (κ2) is 5.66. The van der Waals surface area contributed by atoms with Crippen LogP contribution in [0.15, 0.2) is 20.7 Å². The summed E-state index contributed by atoms with van der Waals surface area (Å²) < 4.78 is 6.11. The van der Waals surface area contributed by atoms with Crippen molar-refractivity contribution in [2.24, 2.45) is 0 Å². The summed E-state index contributed by atoms with van der Waals surface area (Å²) in [7, 11) is 1.68. The Bertz CT molecular complexity index is 951. The van der Waals surface area contributed by atoms with Crippen LogP contribution in [0.2, 0.25) is 0 Å². The number of furan rings is 1. The number of hydrogen-bond acceptors (Lipinski definition) is 5. The molecule has 0 saturated heterocycles. The van der Waals surface area contributed by atoms with Gasteiger partial charge >= 0.3 is 0 Å². The maximum absolute atomic E-state index is 12.7. The highest BCUT2D eigenvalue weighted by Gasteiger charge is 2.22. The quantitative estimate of drug-likeness (QED) is 0.800. The number of aromatic amines is 1. The van der Waals surface area contributed by atoms with Gasteiger partial charge < -0.3 is 14.3 Å². The zero-order chi connectivity index (χ0) is 16.7. The molecule has 0 aliphatic carbocycles. The van der Waals surface area contributed by atoms with Crippen LogP contribution < -0.4 is 5.56 Å². The molecule has 120 valence electrons. The minimum Gasteiger partial charge on any atom is -0.466 e. The van der Waals surface area contributed by atoms with E-state index in [-0.39, 0.29) is 18.0 Å². The van der Waals surface area contributed by atoms with Crippen LogP contribution in [0.5, 0.6) is 0 Å². The number of rotatable bonds is 3. The van der Waals surface area contributed by atoms with Crippen LogP contribution in [0.4, 0.5) is 0 Å². The summed E-state index contributed by atoms with van der Waals surface area (Å²) >= 11 is 1.35. The molecule has 0 aliphatic heterocycles. The molecule has 7 heteroatoms. The first-order chi connectivity index (χ1) is 10.9. The van der Waals surface area contributed by atoms with Gasteiger partial charge in [0.25, 0.3) is 11.5 Å². The molecule has 0 spiro atoms. The fraction of sp³-hybridized carbons (Fsp3) is 0.312. The van der Waals surface area contributed by atoms with Gasteiger partial charge in [0.15, 0.2) is 0 Å². The molecule has 3 rings (SSSR count). The molecule has 0 atom stereocenters. The fourth-order valence-electron chi connectivity index (χ4n) is 2.59. The van der Waals surface area contributed by atoms with Crippen molar-refractivity contribution < 1.29 is 9.21 Å². The summed E-state index contributed by atoms with van der Waals surface area (Å²) in [6, 6.07) is 1.80. The number of aryl methyl sites for hydroxylation is 2. The van der Waals surface area contributed by atoms with Crippen molar-refractivity contribution in [3.05, 3.63) is 50.3 Å². The van der Waals surface area contributed by atoms with Crippen LogP contribution in [-0.2, 0) is 6.54 Å². The van der Waals surface area contributed by atoms with Crippen LogP contribution >= 0.6 is 11.3 Å². The zero-order valence-electron chi connectivity index (χ0n) is 13.4. The first-order valence-corrected chi connectivity index (χ1v) is 8.05. The van der Waals surface area contributed by atoms with Gasteiger partial charge in [0.2, 0.25) is 0 Å². The third-order valence-corrected chi connectivity index (χ3v) is 4.78. The molecule has 1 amide bonds. The summed E-state index contributed by atoms with van der Waals surface area (Å²) in [5.41, 5.74) is 1.89. The van der Waals surface area contributed by atoms with E-state index in [4.69, 9.17) is 4.42 Å². The zero-order valence-corrected chi connectivity index (χ0v) is 14.2. The highest BCUT2D eigenvalue weighted by Crippen LogP contribution is 2.22. The monoisotopic (exact) mass is 331 g/mol. The fourth-order valence-corrected chi connectivity index (χ4v) is 3.32. The van der Waals surface area contributed by atoms with Crippen molar-refractivity contribution in [1.82, 2.24) is 14.9 Å². The van der Waals surface area contributed by atoms with Crippen LogP contribution in [0.1, 0.15) is 33.3 Å². The standard InChI is InChI=1S/C16H17N3O3S/c1-8-9(2)22-10(3)13(8)16(21)19(4)7-12-17-11-5-6-23-14(11)15(20)18-12/h5-6H,7H2,1-4H3,(H,17,18,20). The number of aromatic nitrogens is 2. The van der Waals surface area contributed by atoms with E-state index < -0.39 is 0 Å². The molecule has 23 heavy (non-hydrogen) atoms. The lowest BCUT2D eigenvalue weighted by Crippen LogP contribution is -2.29. The van der Waals surface area contributed by atoms with Crippen molar-refractivity contribution in [2.45, 2.75) is 27.3 Å². The Morgan fingerprint density at radius 3 is 2.74 bits per heavy atom. The number of carbonyl (C=O) groups is 1. The van der Waals surface area contributed by atoms with Gasteiger partial charge in [-0.3, -0.25) is 9.59 Å². The number of H-pyrrole nitrogens is 1. The lowest BCUT2D eigenvalue weighted by atomic mass is 10.1. The van der Waals surface area contributed by atoms with E-state index in [2.05, 4.69) is 9.97 Å². The maximum atomic E-state index is 12.7. The van der Waals surface area contributed by atoms with Crippen molar-refractivity contribution in [3.63, 3.8) is 0 Å². The van der Waals surface area contributed by atoms with Crippen molar-refractivity contribution >= 4 is 27.5 Å². The third kappa shape index (κ3) is 2.68. The molecule has 0 radical (unpaired) electrons. The molecule has 0 aromatic carbocycles. The molecule has 3 heterocycles. The predicted octanol–water partition coefficient (Wildman–Crippen LogP) is 2.78. The van der Waals surface area contributed by atoms with Gasteiger partial charge in [-0.05, 0) is 32.2 Å². The lowest BCUT2D eigenvalue weighted by molar-refractivity contribution is 0.0779. The average Bonchev–Trinajstić information content (AvgIpc) is 3.04. The summed E-state index contributed by atoms with van der Waals surface area (Å²) in [5.74, 6) is 1.66. The first kappa shape index (κ1) is 15.5. The normalized spacial score (nSPS) is 11.1. The second-order valence-corrected chi connectivity index (χ2v) is 6.44. The number of hydrogen-bond donors (Lipinski definition) is 1. The molecule has 0 fully saturated rings. The smallest absolute Gasteiger partial charge is 0.268 e. The minimum absolute atomic E-state index is 0.148. The van der Waals surface area contributed by atoms with Gasteiger partial charge in [0.05, 0.1) is 17.6 Å². The Morgan fingerprint density at radius 1 is 1.35 bits per heavy atom. The van der Waals surface area contributed by atoms with Crippen LogP contribution in [0, 0.1) is 20.8 Å². The molecular formula is C16H17N3O3S. The Labute approximate surface area is 136 Å². The van der Waals surface area contributed by atoms with Gasteiger partial charge in [-0.2, -0.15) is 0 Å². The molecule has 0 bridgehead atoms. The Hall–Kier alpha value is -2.41. The molecule has 3 aromatic heterocycles. The van der Waals surface area contributed by atoms with Crippen molar-refractivity contribution in [3.8, 4) is 0 Å². The van der Waals surface area contributed by atoms with Gasteiger partial charge in [-0.25, -0.2) is 4.98 Å². The summed E-state index contributed by atoms with van der Waals surface area (Å²) in [4.78, 5) is 33.3. The van der Waals surface area contributed by atoms with Gasteiger partial charge in [-0.1, -0.05) is 0 Å². The minimum atomic E-state index is -0.174. The maximum Gasteiger partial charge on any atom is 0.268 e. The topological polar surface area (TPSA) is 79.2 Å². The number of carbonyl (C=O) groups excluding carboxylic acids is 1. The average molecular weight is 331 g/mol. The Balaban J connectivity index is 1.89. The van der Waals surface area contributed by atoms with Gasteiger partial charge in [-0.15, -0.1) is 11.3 Å². The van der Waals surface area contributed by atoms with E-state index in [1.165, 1.54) is 16.2 Å². The SMILES string of the molecule is Cc1oc(C)c(C(=O)N(C)Cc2nc3ccsc3c(=O)[nH]2)c1C. The lowest BCUT2D eigenvalue weighted by Gasteiger charge is -2.16. The van der Waals surface area contributed by atoms with Crippen LogP contribution in [0.3, 0.4) is 0 Å². The number of nitrogens with zero attached hydrogens (tertiary/aromatic N) is 2. The Kier molecular flexibility index (Phi) is 3.81. The summed E-state index contributed by atoms with van der Waals surface area (Å²) in [6.07, 6.45) is 0. The molecular weight excluding hydrogens is 314 g/mol. The molecule has 1 N–H and O–H groups in total. The number of fused-ring (bicyclic) bond motifs is 1. The largest absolute Gasteiger partial charge is 0.466 e. The van der Waals surface area contributed by atoms with E-state index in [9.17, 15) is 9.59 Å². The van der Waals surface area contributed by atoms with Crippen LogP contribution in [0.25, 0.3) is 10.2 Å². The first-order valence-electron chi connectivity index (χ1n) is 7.17. The van der Waals surface area contributed by atoms with E-state index in [1.54, 1.807) is 20.0 Å². The number of thiophene rings is 1. The van der Waals surface area contributed by atoms with Gasteiger partial charge in [0, 0.05) is 12.6 Å². The number of amides is 1. The molecule has 6 nitrogen and oxygen atoms in total. The molecule has 0 aliphatic rings. The Morgan fingerprint density at radius 2 is 2.09 bits per heavy atom. The molecule has 0 unspecified atom stereocenters. The predicted molar refractivity (Wildman–Crippen MR) is 89.0 cm³/mol. The van der Waals surface area contributed by atoms with E-state index in [0.29, 0.717) is 27.4 Å². The van der Waals surface area contributed by atoms with E-state index in [0.717, 1.165) is 11.3 Å². The highest BCUT2D eigenvalue weighted by molar-refractivity contribution is 7.17. The van der Waals surface area contributed by atoms with Gasteiger partial charge in [0.1, 0.15) is 22.0 Å². The second-order valence-electron chi connectivity index (χ2n) is 5.52. The van der Waals surface area contributed by atoms with Crippen LogP contribution in [-0.4, -0.2) is 27.8 Å². The summed E-state index contributed by atoms with van der Waals surface area (Å²) in [5, 5.41) is 1.83. The van der Waals surface area contributed by atoms with Crippen molar-refractivity contribution in [2.75, 3.05) is 7.05 Å². The van der Waals surface area contributed by atoms with Crippen molar-refractivity contribution in [1.29, 1.82) is 0 Å². The summed E-state index contributed by atoms with van der Waals surface area (Å²) in [6.45, 7) is 5.70. The third-order valence-electron chi connectivity index (χ3n) is 3.87. The highest BCUT2D eigenvalue weighted by atomic mass is 32.1. The molecule has 0 saturated carbocycles. The van der Waals surface area contributed by atoms with E-state index in [1.807, 2.05) is 19.2 Å². The molecule has 3 aromatic rings.